The van der Waals surface area contributed by atoms with E-state index in [0.29, 0.717) is 5.92 Å². The summed E-state index contributed by atoms with van der Waals surface area (Å²) in [7, 11) is 0. The van der Waals surface area contributed by atoms with Crippen molar-refractivity contribution in [1.29, 1.82) is 0 Å². The van der Waals surface area contributed by atoms with Gasteiger partial charge in [0.15, 0.2) is 0 Å². The van der Waals surface area contributed by atoms with E-state index in [9.17, 15) is 4.79 Å². The highest BCUT2D eigenvalue weighted by atomic mass is 16.2. The van der Waals surface area contributed by atoms with Crippen LogP contribution in [-0.2, 0) is 4.79 Å². The van der Waals surface area contributed by atoms with E-state index in [-0.39, 0.29) is 11.9 Å². The molecule has 1 amide bonds. The van der Waals surface area contributed by atoms with Gasteiger partial charge < -0.3 is 5.32 Å². The van der Waals surface area contributed by atoms with Crippen molar-refractivity contribution in [2.75, 3.05) is 19.6 Å². The molecule has 0 radical (unpaired) electrons. The summed E-state index contributed by atoms with van der Waals surface area (Å²) < 4.78 is 0. The van der Waals surface area contributed by atoms with E-state index < -0.39 is 0 Å². The van der Waals surface area contributed by atoms with Gasteiger partial charge in [-0.25, -0.2) is 10.4 Å². The van der Waals surface area contributed by atoms with Gasteiger partial charge in [0.05, 0.1) is 6.04 Å². The minimum Gasteiger partial charge on any atom is -0.354 e. The van der Waals surface area contributed by atoms with Crippen molar-refractivity contribution in [3.63, 3.8) is 0 Å². The first-order chi connectivity index (χ1) is 7.59. The monoisotopic (exact) mass is 227 g/mol. The largest absolute Gasteiger partial charge is 0.354 e. The topological polar surface area (TPSA) is 44.4 Å². The van der Waals surface area contributed by atoms with Crippen LogP contribution in [0.3, 0.4) is 0 Å². The number of nitrogens with zero attached hydrogens (tertiary/aromatic N) is 1. The molecule has 1 fully saturated rings. The van der Waals surface area contributed by atoms with Crippen molar-refractivity contribution in [3.8, 4) is 0 Å². The van der Waals surface area contributed by atoms with E-state index in [1.807, 2.05) is 6.92 Å². The first-order valence-corrected chi connectivity index (χ1v) is 6.38. The lowest BCUT2D eigenvalue weighted by atomic mass is 10.2. The number of piperidine rings is 1. The average molecular weight is 227 g/mol. The van der Waals surface area contributed by atoms with Gasteiger partial charge in [0.25, 0.3) is 0 Å². The first-order valence-electron chi connectivity index (χ1n) is 6.38. The van der Waals surface area contributed by atoms with Crippen molar-refractivity contribution in [2.45, 2.75) is 46.1 Å². The van der Waals surface area contributed by atoms with Crippen LogP contribution < -0.4 is 10.7 Å². The van der Waals surface area contributed by atoms with E-state index in [1.54, 1.807) is 0 Å². The zero-order valence-corrected chi connectivity index (χ0v) is 10.8. The highest BCUT2D eigenvalue weighted by Gasteiger charge is 2.17. The minimum atomic E-state index is -0.128. The molecule has 94 valence electrons. The Balaban J connectivity index is 2.21. The summed E-state index contributed by atoms with van der Waals surface area (Å²) in [6.07, 6.45) is 3.77. The van der Waals surface area contributed by atoms with Gasteiger partial charge in [-0.1, -0.05) is 20.3 Å². The maximum atomic E-state index is 11.7. The van der Waals surface area contributed by atoms with Gasteiger partial charge in [0.1, 0.15) is 0 Å². The van der Waals surface area contributed by atoms with Gasteiger partial charge >= 0.3 is 0 Å². The fraction of sp³-hybridized carbons (Fsp3) is 0.917. The van der Waals surface area contributed by atoms with Gasteiger partial charge in [0, 0.05) is 19.6 Å². The number of hydrogen-bond acceptors (Lipinski definition) is 3. The number of hydrazine groups is 1. The van der Waals surface area contributed by atoms with Crippen LogP contribution in [0.1, 0.15) is 40.0 Å². The Kier molecular flexibility index (Phi) is 5.77. The molecule has 1 rings (SSSR count). The van der Waals surface area contributed by atoms with Crippen LogP contribution in [-0.4, -0.2) is 36.6 Å². The molecule has 0 aromatic heterocycles. The van der Waals surface area contributed by atoms with Crippen LogP contribution in [0.2, 0.25) is 0 Å². The van der Waals surface area contributed by atoms with Crippen LogP contribution >= 0.6 is 0 Å². The second-order valence-corrected chi connectivity index (χ2v) is 5.04. The molecule has 0 aliphatic carbocycles. The Morgan fingerprint density at radius 1 is 1.19 bits per heavy atom. The van der Waals surface area contributed by atoms with Crippen molar-refractivity contribution >= 4 is 5.91 Å². The molecule has 4 nitrogen and oxygen atoms in total. The Bertz CT molecular complexity index is 212. The highest BCUT2D eigenvalue weighted by Crippen LogP contribution is 2.06. The van der Waals surface area contributed by atoms with Crippen molar-refractivity contribution in [2.24, 2.45) is 5.92 Å². The summed E-state index contributed by atoms with van der Waals surface area (Å²) in [6.45, 7) is 8.99. The van der Waals surface area contributed by atoms with Crippen molar-refractivity contribution < 1.29 is 4.79 Å². The molecule has 0 aromatic carbocycles. The Labute approximate surface area is 98.7 Å². The summed E-state index contributed by atoms with van der Waals surface area (Å²) in [5.74, 6) is 0.602. The standard InChI is InChI=1S/C12H25N3O/c1-10(2)9-13-12(16)11(3)14-15-7-5-4-6-8-15/h10-11,14H,4-9H2,1-3H3,(H,13,16). The fourth-order valence-electron chi connectivity index (χ4n) is 1.81. The molecule has 0 bridgehead atoms. The lowest BCUT2D eigenvalue weighted by molar-refractivity contribution is -0.124. The molecule has 0 spiro atoms. The van der Waals surface area contributed by atoms with Crippen LogP contribution in [0.25, 0.3) is 0 Å². The summed E-state index contributed by atoms with van der Waals surface area (Å²) in [5.41, 5.74) is 3.26. The lowest BCUT2D eigenvalue weighted by Gasteiger charge is -2.29. The predicted octanol–water partition coefficient (Wildman–Crippen LogP) is 1.14. The zero-order chi connectivity index (χ0) is 12.0. The van der Waals surface area contributed by atoms with Gasteiger partial charge in [-0.3, -0.25) is 4.79 Å². The van der Waals surface area contributed by atoms with Crippen LogP contribution in [0.15, 0.2) is 0 Å². The van der Waals surface area contributed by atoms with Gasteiger partial charge in [-0.15, -0.1) is 0 Å². The average Bonchev–Trinajstić information content (AvgIpc) is 2.27. The molecule has 4 heteroatoms. The molecule has 0 aromatic rings. The molecular weight excluding hydrogens is 202 g/mol. The highest BCUT2D eigenvalue weighted by molar-refractivity contribution is 5.81. The van der Waals surface area contributed by atoms with E-state index in [1.165, 1.54) is 19.3 Å². The molecule has 0 saturated carbocycles. The number of carbonyl (C=O) groups is 1. The second kappa shape index (κ2) is 6.86. The summed E-state index contributed by atoms with van der Waals surface area (Å²) in [6, 6.07) is -0.128. The van der Waals surface area contributed by atoms with Crippen molar-refractivity contribution in [1.82, 2.24) is 15.8 Å². The SMILES string of the molecule is CC(C)CNC(=O)C(C)NN1CCCCC1. The summed E-state index contributed by atoms with van der Waals surface area (Å²) in [4.78, 5) is 11.7. The Morgan fingerprint density at radius 3 is 2.38 bits per heavy atom. The number of nitrogens with one attached hydrogen (secondary N) is 2. The summed E-state index contributed by atoms with van der Waals surface area (Å²) >= 11 is 0. The third-order valence-corrected chi connectivity index (χ3v) is 2.81. The number of amides is 1. The quantitative estimate of drug-likeness (QED) is 0.740. The van der Waals surface area contributed by atoms with Gasteiger partial charge in [0.2, 0.25) is 5.91 Å². The van der Waals surface area contributed by atoms with E-state index in [2.05, 4.69) is 29.6 Å². The molecule has 2 N–H and O–H groups in total. The third kappa shape index (κ3) is 4.94. The molecule has 1 atom stereocenters. The smallest absolute Gasteiger partial charge is 0.238 e. The molecule has 1 saturated heterocycles. The van der Waals surface area contributed by atoms with Crippen LogP contribution in [0.4, 0.5) is 0 Å². The normalized spacial score (nSPS) is 19.8. The molecule has 16 heavy (non-hydrogen) atoms. The first kappa shape index (κ1) is 13.5. The number of hydrogen-bond donors (Lipinski definition) is 2. The van der Waals surface area contributed by atoms with Crippen molar-refractivity contribution in [3.05, 3.63) is 0 Å². The molecule has 1 aliphatic heterocycles. The maximum absolute atomic E-state index is 11.7. The van der Waals surface area contributed by atoms with E-state index in [0.717, 1.165) is 19.6 Å². The minimum absolute atomic E-state index is 0.0965. The molecule has 1 unspecified atom stereocenters. The molecule has 1 aliphatic rings. The lowest BCUT2D eigenvalue weighted by Crippen LogP contribution is -2.52. The Morgan fingerprint density at radius 2 is 1.81 bits per heavy atom. The van der Waals surface area contributed by atoms with Gasteiger partial charge in [-0.2, -0.15) is 0 Å². The Hall–Kier alpha value is -0.610. The number of rotatable bonds is 5. The van der Waals surface area contributed by atoms with Crippen LogP contribution in [0.5, 0.6) is 0 Å². The zero-order valence-electron chi connectivity index (χ0n) is 10.8. The second-order valence-electron chi connectivity index (χ2n) is 5.04. The van der Waals surface area contributed by atoms with E-state index >= 15 is 0 Å². The maximum Gasteiger partial charge on any atom is 0.238 e. The van der Waals surface area contributed by atoms with E-state index in [4.69, 9.17) is 0 Å². The summed E-state index contributed by atoms with van der Waals surface area (Å²) in [5, 5.41) is 5.11. The fourth-order valence-corrected chi connectivity index (χ4v) is 1.81. The molecular formula is C12H25N3O. The van der Waals surface area contributed by atoms with Crippen LogP contribution in [0, 0.1) is 5.92 Å². The third-order valence-electron chi connectivity index (χ3n) is 2.81. The van der Waals surface area contributed by atoms with Gasteiger partial charge in [-0.05, 0) is 25.7 Å². The predicted molar refractivity (Wildman–Crippen MR) is 65.9 cm³/mol. The molecule has 1 heterocycles. The number of carbonyl (C=O) groups excluding carboxylic acids is 1.